The van der Waals surface area contributed by atoms with Gasteiger partial charge in [0.15, 0.2) is 6.61 Å². The van der Waals surface area contributed by atoms with Crippen LogP contribution in [0.3, 0.4) is 0 Å². The first-order valence-electron chi connectivity index (χ1n) is 4.98. The van der Waals surface area contributed by atoms with Crippen molar-refractivity contribution in [1.82, 2.24) is 9.78 Å². The number of aliphatic hydroxyl groups is 1. The van der Waals surface area contributed by atoms with Crippen LogP contribution in [-0.2, 0) is 13.2 Å². The minimum atomic E-state index is -4.60. The van der Waals surface area contributed by atoms with E-state index in [1.165, 1.54) is 6.92 Å². The summed E-state index contributed by atoms with van der Waals surface area (Å²) in [6.07, 6.45) is -7.59. The third-order valence-electron chi connectivity index (χ3n) is 2.07. The van der Waals surface area contributed by atoms with Crippen LogP contribution >= 0.6 is 0 Å². The lowest BCUT2D eigenvalue weighted by Gasteiger charge is -2.11. The van der Waals surface area contributed by atoms with Crippen LogP contribution in [0.4, 0.5) is 22.0 Å². The van der Waals surface area contributed by atoms with E-state index >= 15 is 0 Å². The second-order valence-electron chi connectivity index (χ2n) is 3.35. The Labute approximate surface area is 99.0 Å². The lowest BCUT2D eigenvalue weighted by molar-refractivity contribution is -0.154. The van der Waals surface area contributed by atoms with E-state index in [0.29, 0.717) is 0 Å². The van der Waals surface area contributed by atoms with Crippen molar-refractivity contribution < 1.29 is 31.8 Å². The molecule has 1 heterocycles. The van der Waals surface area contributed by atoms with E-state index in [2.05, 4.69) is 9.84 Å². The Bertz CT molecular complexity index is 402. The van der Waals surface area contributed by atoms with Gasteiger partial charge in [0.25, 0.3) is 6.43 Å². The van der Waals surface area contributed by atoms with E-state index in [1.807, 2.05) is 0 Å². The van der Waals surface area contributed by atoms with Gasteiger partial charge in [-0.3, -0.25) is 0 Å². The van der Waals surface area contributed by atoms with E-state index < -0.39 is 43.0 Å². The van der Waals surface area contributed by atoms with Gasteiger partial charge >= 0.3 is 6.18 Å². The number of aryl methyl sites for hydroxylation is 1. The number of alkyl halides is 5. The first-order valence-corrected chi connectivity index (χ1v) is 4.98. The standard InChI is InChI=1S/C9H11F5N2O2/c1-2-16-8(18-4-9(12,13)14)5(3-17)6(15-16)7(10)11/h7,17H,2-4H2,1H3. The van der Waals surface area contributed by atoms with E-state index in [9.17, 15) is 22.0 Å². The smallest absolute Gasteiger partial charge is 0.422 e. The summed E-state index contributed by atoms with van der Waals surface area (Å²) in [5.74, 6) is -0.479. The van der Waals surface area contributed by atoms with Crippen molar-refractivity contribution in [2.24, 2.45) is 0 Å². The number of nitrogens with zero attached hydrogens (tertiary/aromatic N) is 2. The molecule has 0 bridgehead atoms. The summed E-state index contributed by atoms with van der Waals surface area (Å²) in [6.45, 7) is -0.946. The van der Waals surface area contributed by atoms with Crippen molar-refractivity contribution in [2.75, 3.05) is 6.61 Å². The van der Waals surface area contributed by atoms with Crippen molar-refractivity contribution in [1.29, 1.82) is 0 Å². The van der Waals surface area contributed by atoms with Crippen LogP contribution in [0.15, 0.2) is 0 Å². The maximum atomic E-state index is 12.6. The molecule has 1 aromatic heterocycles. The fraction of sp³-hybridized carbons (Fsp3) is 0.667. The van der Waals surface area contributed by atoms with E-state index in [0.717, 1.165) is 4.68 Å². The molecule has 0 fully saturated rings. The zero-order valence-corrected chi connectivity index (χ0v) is 9.34. The van der Waals surface area contributed by atoms with Crippen LogP contribution in [0.5, 0.6) is 5.88 Å². The fourth-order valence-electron chi connectivity index (χ4n) is 1.35. The Kier molecular flexibility index (Phi) is 4.49. The van der Waals surface area contributed by atoms with Crippen LogP contribution in [-0.4, -0.2) is 27.7 Å². The van der Waals surface area contributed by atoms with Gasteiger partial charge in [0, 0.05) is 6.54 Å². The molecular formula is C9H11F5N2O2. The third kappa shape index (κ3) is 3.31. The topological polar surface area (TPSA) is 47.3 Å². The Morgan fingerprint density at radius 1 is 1.39 bits per heavy atom. The minimum Gasteiger partial charge on any atom is -0.468 e. The molecule has 0 spiro atoms. The number of halogens is 5. The summed E-state index contributed by atoms with van der Waals surface area (Å²) >= 11 is 0. The molecule has 1 aromatic rings. The van der Waals surface area contributed by atoms with Crippen LogP contribution in [0.2, 0.25) is 0 Å². The molecule has 4 nitrogen and oxygen atoms in total. The summed E-state index contributed by atoms with van der Waals surface area (Å²) in [7, 11) is 0. The predicted octanol–water partition coefficient (Wildman–Crippen LogP) is 2.27. The summed E-state index contributed by atoms with van der Waals surface area (Å²) in [5.41, 5.74) is -1.19. The van der Waals surface area contributed by atoms with Gasteiger partial charge in [-0.05, 0) is 6.92 Å². The van der Waals surface area contributed by atoms with Gasteiger partial charge in [0.1, 0.15) is 5.69 Å². The highest BCUT2D eigenvalue weighted by molar-refractivity contribution is 5.32. The van der Waals surface area contributed by atoms with Gasteiger partial charge in [-0.25, -0.2) is 13.5 Å². The number of aromatic nitrogens is 2. The van der Waals surface area contributed by atoms with Gasteiger partial charge in [0.05, 0.1) is 12.2 Å². The number of aliphatic hydroxyl groups excluding tert-OH is 1. The number of rotatable bonds is 5. The van der Waals surface area contributed by atoms with Crippen molar-refractivity contribution >= 4 is 0 Å². The summed E-state index contributed by atoms with van der Waals surface area (Å²) < 4.78 is 66.4. The highest BCUT2D eigenvalue weighted by Gasteiger charge is 2.31. The van der Waals surface area contributed by atoms with Gasteiger partial charge in [0.2, 0.25) is 5.88 Å². The first-order chi connectivity index (χ1) is 8.30. The Balaban J connectivity index is 3.07. The molecule has 1 rings (SSSR count). The molecule has 1 N–H and O–H groups in total. The minimum absolute atomic E-state index is 0.0485. The third-order valence-corrected chi connectivity index (χ3v) is 2.07. The first kappa shape index (κ1) is 14.7. The van der Waals surface area contributed by atoms with E-state index in [1.54, 1.807) is 0 Å². The molecule has 104 valence electrons. The normalized spacial score (nSPS) is 12.2. The monoisotopic (exact) mass is 274 g/mol. The lowest BCUT2D eigenvalue weighted by atomic mass is 10.2. The summed E-state index contributed by atoms with van der Waals surface area (Å²) in [5, 5.41) is 12.4. The molecule has 0 aliphatic heterocycles. The second kappa shape index (κ2) is 5.51. The van der Waals surface area contributed by atoms with Crippen LogP contribution in [0.1, 0.15) is 24.6 Å². The Morgan fingerprint density at radius 2 is 2.00 bits per heavy atom. The molecule has 0 saturated heterocycles. The maximum absolute atomic E-state index is 12.6. The lowest BCUT2D eigenvalue weighted by Crippen LogP contribution is -2.21. The average Bonchev–Trinajstić information content (AvgIpc) is 2.62. The zero-order chi connectivity index (χ0) is 13.9. The Hall–Kier alpha value is -1.38. The number of hydrogen-bond acceptors (Lipinski definition) is 3. The van der Waals surface area contributed by atoms with Crippen molar-refractivity contribution in [2.45, 2.75) is 32.7 Å². The molecule has 0 atom stereocenters. The van der Waals surface area contributed by atoms with Gasteiger partial charge in [-0.1, -0.05) is 0 Å². The fourth-order valence-corrected chi connectivity index (χ4v) is 1.35. The highest BCUT2D eigenvalue weighted by Crippen LogP contribution is 2.30. The number of ether oxygens (including phenoxy) is 1. The van der Waals surface area contributed by atoms with Crippen LogP contribution in [0.25, 0.3) is 0 Å². The molecule has 0 unspecified atom stereocenters. The Morgan fingerprint density at radius 3 is 2.39 bits per heavy atom. The molecule has 0 radical (unpaired) electrons. The van der Waals surface area contributed by atoms with Gasteiger partial charge in [-0.2, -0.15) is 18.3 Å². The van der Waals surface area contributed by atoms with E-state index in [4.69, 9.17) is 5.11 Å². The number of hydrogen-bond donors (Lipinski definition) is 1. The maximum Gasteiger partial charge on any atom is 0.422 e. The summed E-state index contributed by atoms with van der Waals surface area (Å²) in [6, 6.07) is 0. The zero-order valence-electron chi connectivity index (χ0n) is 9.34. The largest absolute Gasteiger partial charge is 0.468 e. The predicted molar refractivity (Wildman–Crippen MR) is 50.3 cm³/mol. The van der Waals surface area contributed by atoms with Crippen molar-refractivity contribution in [3.05, 3.63) is 11.3 Å². The molecule has 0 saturated carbocycles. The van der Waals surface area contributed by atoms with E-state index in [-0.39, 0.29) is 6.54 Å². The second-order valence-corrected chi connectivity index (χ2v) is 3.35. The van der Waals surface area contributed by atoms with Crippen molar-refractivity contribution in [3.8, 4) is 5.88 Å². The van der Waals surface area contributed by atoms with Crippen LogP contribution in [0, 0.1) is 0 Å². The SMILES string of the molecule is CCn1nc(C(F)F)c(CO)c1OCC(F)(F)F. The van der Waals surface area contributed by atoms with Gasteiger partial charge < -0.3 is 9.84 Å². The van der Waals surface area contributed by atoms with Crippen molar-refractivity contribution in [3.63, 3.8) is 0 Å². The molecule has 0 aliphatic rings. The highest BCUT2D eigenvalue weighted by atomic mass is 19.4. The molecule has 0 amide bonds. The molecule has 18 heavy (non-hydrogen) atoms. The van der Waals surface area contributed by atoms with Crippen LogP contribution < -0.4 is 4.74 Å². The molecule has 0 aromatic carbocycles. The molecule has 9 heteroatoms. The molecule has 0 aliphatic carbocycles. The summed E-state index contributed by atoms with van der Waals surface area (Å²) in [4.78, 5) is 0. The van der Waals surface area contributed by atoms with Gasteiger partial charge in [-0.15, -0.1) is 0 Å². The average molecular weight is 274 g/mol. The molecular weight excluding hydrogens is 263 g/mol. The quantitative estimate of drug-likeness (QED) is 0.838.